The van der Waals surface area contributed by atoms with Crippen LogP contribution >= 0.6 is 0 Å². The lowest BCUT2D eigenvalue weighted by Gasteiger charge is -2.34. The molecule has 10 heteroatoms. The van der Waals surface area contributed by atoms with E-state index in [4.69, 9.17) is 10.00 Å². The summed E-state index contributed by atoms with van der Waals surface area (Å²) in [7, 11) is -3.63. The number of nitrogens with zero attached hydrogens (tertiary/aromatic N) is 4. The van der Waals surface area contributed by atoms with Crippen LogP contribution in [0.15, 0.2) is 47.4 Å². The molecule has 2 aliphatic rings. The topological polar surface area (TPSA) is 106 Å². The van der Waals surface area contributed by atoms with E-state index in [-0.39, 0.29) is 17.3 Å². The van der Waals surface area contributed by atoms with E-state index < -0.39 is 10.0 Å². The molecule has 2 saturated heterocycles. The molecule has 0 radical (unpaired) electrons. The Hall–Kier alpha value is -2.81. The largest absolute Gasteiger partial charge is 0.379 e. The number of carbonyl (C=O) groups is 1. The SMILES string of the molecule is Cc1ccc(S(=O)(=O)N2CCOCC2)cc1NC(=O)CN1CCN(Cc2ccc(C#N)cc2)CC1. The van der Waals surface area contributed by atoms with Gasteiger partial charge in [-0.15, -0.1) is 0 Å². The number of morpholine rings is 1. The zero-order valence-corrected chi connectivity index (χ0v) is 20.8. The van der Waals surface area contributed by atoms with Gasteiger partial charge in [-0.25, -0.2) is 8.42 Å². The molecule has 9 nitrogen and oxygen atoms in total. The molecule has 0 aliphatic carbocycles. The first-order chi connectivity index (χ1) is 16.8. The summed E-state index contributed by atoms with van der Waals surface area (Å²) in [6, 6.07) is 14.6. The van der Waals surface area contributed by atoms with Crippen molar-refractivity contribution in [3.8, 4) is 6.07 Å². The number of amides is 1. The van der Waals surface area contributed by atoms with Gasteiger partial charge in [0.05, 0.1) is 36.3 Å². The smallest absolute Gasteiger partial charge is 0.243 e. The molecule has 2 fully saturated rings. The van der Waals surface area contributed by atoms with Crippen molar-refractivity contribution in [2.24, 2.45) is 0 Å². The first kappa shape index (κ1) is 25.3. The summed E-state index contributed by atoms with van der Waals surface area (Å²) < 4.78 is 32.6. The summed E-state index contributed by atoms with van der Waals surface area (Å²) in [5.74, 6) is -0.158. The van der Waals surface area contributed by atoms with Crippen LogP contribution in [0.1, 0.15) is 16.7 Å². The van der Waals surface area contributed by atoms with Gasteiger partial charge in [-0.2, -0.15) is 9.57 Å². The van der Waals surface area contributed by atoms with Crippen LogP contribution in [0.25, 0.3) is 0 Å². The van der Waals surface area contributed by atoms with Gasteiger partial charge < -0.3 is 10.1 Å². The average Bonchev–Trinajstić information content (AvgIpc) is 2.87. The molecule has 0 unspecified atom stereocenters. The van der Waals surface area contributed by atoms with Gasteiger partial charge >= 0.3 is 0 Å². The molecule has 0 bridgehead atoms. The lowest BCUT2D eigenvalue weighted by Crippen LogP contribution is -2.48. The second-order valence-corrected chi connectivity index (χ2v) is 10.8. The lowest BCUT2D eigenvalue weighted by atomic mass is 10.1. The highest BCUT2D eigenvalue weighted by atomic mass is 32.2. The zero-order valence-electron chi connectivity index (χ0n) is 19.9. The Balaban J connectivity index is 1.30. The summed E-state index contributed by atoms with van der Waals surface area (Å²) >= 11 is 0. The summed E-state index contributed by atoms with van der Waals surface area (Å²) in [4.78, 5) is 17.4. The second kappa shape index (κ2) is 11.3. The predicted octanol–water partition coefficient (Wildman–Crippen LogP) is 1.64. The van der Waals surface area contributed by atoms with E-state index in [1.165, 1.54) is 4.31 Å². The van der Waals surface area contributed by atoms with E-state index >= 15 is 0 Å². The third kappa shape index (κ3) is 6.45. The minimum absolute atomic E-state index is 0.158. The molecule has 2 aromatic carbocycles. The number of sulfonamides is 1. The summed E-state index contributed by atoms with van der Waals surface area (Å²) in [6.07, 6.45) is 0. The highest BCUT2D eigenvalue weighted by Crippen LogP contribution is 2.24. The van der Waals surface area contributed by atoms with Crippen molar-refractivity contribution < 1.29 is 17.9 Å². The van der Waals surface area contributed by atoms with Crippen molar-refractivity contribution in [2.75, 3.05) is 64.3 Å². The number of rotatable bonds is 7. The summed E-state index contributed by atoms with van der Waals surface area (Å²) in [5, 5.41) is 11.8. The first-order valence-electron chi connectivity index (χ1n) is 11.8. The van der Waals surface area contributed by atoms with E-state index in [1.54, 1.807) is 18.2 Å². The fourth-order valence-corrected chi connectivity index (χ4v) is 5.71. The van der Waals surface area contributed by atoms with Gasteiger partial charge in [0.15, 0.2) is 0 Å². The Labute approximate surface area is 206 Å². The molecule has 4 rings (SSSR count). The Morgan fingerprint density at radius 3 is 2.31 bits per heavy atom. The monoisotopic (exact) mass is 497 g/mol. The van der Waals surface area contributed by atoms with Crippen LogP contribution in [-0.2, 0) is 26.1 Å². The quantitative estimate of drug-likeness (QED) is 0.620. The van der Waals surface area contributed by atoms with Gasteiger partial charge in [0.2, 0.25) is 15.9 Å². The summed E-state index contributed by atoms with van der Waals surface area (Å²) in [5.41, 5.74) is 3.15. The lowest BCUT2D eigenvalue weighted by molar-refractivity contribution is -0.117. The first-order valence-corrected chi connectivity index (χ1v) is 13.2. The van der Waals surface area contributed by atoms with Crippen LogP contribution in [0.2, 0.25) is 0 Å². The Morgan fingerprint density at radius 2 is 1.66 bits per heavy atom. The maximum absolute atomic E-state index is 13.0. The molecular weight excluding hydrogens is 466 g/mol. The number of piperazine rings is 1. The van der Waals surface area contributed by atoms with E-state index in [0.29, 0.717) is 37.6 Å². The number of hydrogen-bond donors (Lipinski definition) is 1. The molecule has 0 atom stereocenters. The zero-order chi connectivity index (χ0) is 24.8. The number of anilines is 1. The second-order valence-electron chi connectivity index (χ2n) is 8.90. The number of aryl methyl sites for hydroxylation is 1. The molecule has 186 valence electrons. The number of ether oxygens (including phenoxy) is 1. The molecule has 2 heterocycles. The van der Waals surface area contributed by atoms with E-state index in [1.807, 2.05) is 31.2 Å². The maximum atomic E-state index is 13.0. The third-order valence-corrected chi connectivity index (χ3v) is 8.31. The van der Waals surface area contributed by atoms with E-state index in [2.05, 4.69) is 21.2 Å². The highest BCUT2D eigenvalue weighted by molar-refractivity contribution is 7.89. The van der Waals surface area contributed by atoms with Crippen LogP contribution in [0.5, 0.6) is 0 Å². The van der Waals surface area contributed by atoms with Crippen molar-refractivity contribution in [2.45, 2.75) is 18.4 Å². The Morgan fingerprint density at radius 1 is 1.00 bits per heavy atom. The normalized spacial score (nSPS) is 18.2. The van der Waals surface area contributed by atoms with Gasteiger partial charge in [-0.1, -0.05) is 18.2 Å². The number of carbonyl (C=O) groups excluding carboxylic acids is 1. The van der Waals surface area contributed by atoms with Crippen molar-refractivity contribution in [3.05, 3.63) is 59.2 Å². The standard InChI is InChI=1S/C25H31N5O4S/c1-20-2-7-23(35(32,33)30-12-14-34-15-13-30)16-24(20)27-25(31)19-29-10-8-28(9-11-29)18-22-5-3-21(17-26)4-6-22/h2-7,16H,8-15,18-19H2,1H3,(H,27,31). The number of nitriles is 1. The minimum Gasteiger partial charge on any atom is -0.379 e. The predicted molar refractivity (Wildman–Crippen MR) is 132 cm³/mol. The average molecular weight is 498 g/mol. The highest BCUT2D eigenvalue weighted by Gasteiger charge is 2.27. The van der Waals surface area contributed by atoms with Gasteiger partial charge in [-0.05, 0) is 42.3 Å². The van der Waals surface area contributed by atoms with Crippen molar-refractivity contribution in [1.29, 1.82) is 5.26 Å². The van der Waals surface area contributed by atoms with Crippen LogP contribution in [0.4, 0.5) is 5.69 Å². The molecule has 2 aliphatic heterocycles. The fraction of sp³-hybridized carbons (Fsp3) is 0.440. The molecule has 0 aromatic heterocycles. The van der Waals surface area contributed by atoms with Crippen LogP contribution < -0.4 is 5.32 Å². The minimum atomic E-state index is -3.63. The molecule has 1 N–H and O–H groups in total. The molecule has 0 spiro atoms. The fourth-order valence-electron chi connectivity index (χ4n) is 4.27. The summed E-state index contributed by atoms with van der Waals surface area (Å²) in [6.45, 7) is 7.58. The maximum Gasteiger partial charge on any atom is 0.243 e. The molecule has 0 saturated carbocycles. The van der Waals surface area contributed by atoms with Gasteiger partial charge in [0.1, 0.15) is 0 Å². The van der Waals surface area contributed by atoms with Crippen LogP contribution in [0.3, 0.4) is 0 Å². The van der Waals surface area contributed by atoms with E-state index in [0.717, 1.165) is 43.9 Å². The van der Waals surface area contributed by atoms with Gasteiger partial charge in [-0.3, -0.25) is 14.6 Å². The van der Waals surface area contributed by atoms with Crippen molar-refractivity contribution in [3.63, 3.8) is 0 Å². The molecule has 35 heavy (non-hydrogen) atoms. The van der Waals surface area contributed by atoms with Crippen molar-refractivity contribution in [1.82, 2.24) is 14.1 Å². The van der Waals surface area contributed by atoms with E-state index in [9.17, 15) is 13.2 Å². The number of hydrogen-bond acceptors (Lipinski definition) is 7. The number of benzene rings is 2. The third-order valence-electron chi connectivity index (χ3n) is 6.41. The molecule has 1 amide bonds. The number of nitrogens with one attached hydrogen (secondary N) is 1. The van der Waals surface area contributed by atoms with Gasteiger partial charge in [0.25, 0.3) is 0 Å². The Kier molecular flexibility index (Phi) is 8.15. The van der Waals surface area contributed by atoms with Crippen LogP contribution in [0, 0.1) is 18.3 Å². The van der Waals surface area contributed by atoms with Crippen LogP contribution in [-0.4, -0.2) is 87.5 Å². The molecule has 2 aromatic rings. The van der Waals surface area contributed by atoms with Gasteiger partial charge in [0, 0.05) is 51.5 Å². The molecular formula is C25H31N5O4S. The van der Waals surface area contributed by atoms with Crippen molar-refractivity contribution >= 4 is 21.6 Å². The Bertz CT molecular complexity index is 1180.